The van der Waals surface area contributed by atoms with E-state index in [9.17, 15) is 9.59 Å². The zero-order chi connectivity index (χ0) is 28.4. The summed E-state index contributed by atoms with van der Waals surface area (Å²) in [6.45, 7) is 3.74. The van der Waals surface area contributed by atoms with Crippen molar-refractivity contribution in [2.75, 3.05) is 26.6 Å². The Morgan fingerprint density at radius 2 is 1.62 bits per heavy atom. The lowest BCUT2D eigenvalue weighted by Gasteiger charge is -2.37. The molecule has 0 bridgehead atoms. The minimum atomic E-state index is -0.592. The topological polar surface area (TPSA) is 98.8 Å². The number of aryl methyl sites for hydroxylation is 1. The van der Waals surface area contributed by atoms with Crippen molar-refractivity contribution in [3.63, 3.8) is 0 Å². The second-order valence-corrected chi connectivity index (χ2v) is 10.0. The fourth-order valence-electron chi connectivity index (χ4n) is 5.61. The Labute approximate surface area is 234 Å². The van der Waals surface area contributed by atoms with Crippen molar-refractivity contribution in [3.05, 3.63) is 100 Å². The number of benzene rings is 2. The molecule has 0 saturated carbocycles. The number of rotatable bonds is 7. The zero-order valence-electron chi connectivity index (χ0n) is 23.3. The molecule has 2 unspecified atom stereocenters. The Morgan fingerprint density at radius 3 is 2.30 bits per heavy atom. The summed E-state index contributed by atoms with van der Waals surface area (Å²) in [6.07, 6.45) is 0.979. The van der Waals surface area contributed by atoms with Crippen LogP contribution >= 0.6 is 0 Å². The van der Waals surface area contributed by atoms with E-state index in [0.717, 1.165) is 28.3 Å². The molecule has 3 aromatic rings. The first kappa shape index (κ1) is 27.0. The molecule has 2 aliphatic rings. The van der Waals surface area contributed by atoms with Crippen LogP contribution in [0.4, 0.5) is 5.82 Å². The molecule has 5 rings (SSSR count). The van der Waals surface area contributed by atoms with Crippen LogP contribution in [0.5, 0.6) is 17.2 Å². The van der Waals surface area contributed by atoms with E-state index in [1.807, 2.05) is 62.4 Å². The molecule has 8 heteroatoms. The van der Waals surface area contributed by atoms with Gasteiger partial charge in [0.25, 0.3) is 5.91 Å². The number of aromatic nitrogens is 1. The molecule has 2 aromatic carbocycles. The van der Waals surface area contributed by atoms with E-state index in [0.29, 0.717) is 47.0 Å². The molecule has 1 aliphatic carbocycles. The molecule has 2 heterocycles. The van der Waals surface area contributed by atoms with Gasteiger partial charge in [-0.05, 0) is 73.7 Å². The van der Waals surface area contributed by atoms with Crippen LogP contribution in [0.15, 0.2) is 83.2 Å². The molecule has 0 saturated heterocycles. The third-order valence-electron chi connectivity index (χ3n) is 7.53. The average Bonchev–Trinajstić information content (AvgIpc) is 2.95. The third-order valence-corrected chi connectivity index (χ3v) is 7.53. The SMILES string of the molecule is COc1ccc(C2CC(=O)C3=C(C2)NC(C)=C(C(=O)Nc2cccc(C)n2)C3c2ccc(OC)c(OC)c2)cc1. The lowest BCUT2D eigenvalue weighted by Crippen LogP contribution is -2.37. The van der Waals surface area contributed by atoms with Gasteiger partial charge < -0.3 is 24.8 Å². The number of carbonyl (C=O) groups is 2. The number of amides is 1. The number of ether oxygens (including phenoxy) is 3. The van der Waals surface area contributed by atoms with Gasteiger partial charge in [0.1, 0.15) is 11.6 Å². The molecule has 40 heavy (non-hydrogen) atoms. The van der Waals surface area contributed by atoms with Gasteiger partial charge in [-0.25, -0.2) is 4.98 Å². The molecule has 0 fully saturated rings. The molecule has 2 N–H and O–H groups in total. The van der Waals surface area contributed by atoms with E-state index in [2.05, 4.69) is 15.6 Å². The average molecular weight is 540 g/mol. The fraction of sp³-hybridized carbons (Fsp3) is 0.281. The van der Waals surface area contributed by atoms with Crippen molar-refractivity contribution in [2.45, 2.75) is 38.5 Å². The predicted molar refractivity (Wildman–Crippen MR) is 153 cm³/mol. The first-order chi connectivity index (χ1) is 19.3. The minimum absolute atomic E-state index is 0.000772. The molecule has 1 amide bonds. The highest BCUT2D eigenvalue weighted by Gasteiger charge is 2.41. The van der Waals surface area contributed by atoms with Crippen LogP contribution in [0.3, 0.4) is 0 Å². The summed E-state index contributed by atoms with van der Waals surface area (Å²) in [5, 5.41) is 6.37. The highest BCUT2D eigenvalue weighted by atomic mass is 16.5. The minimum Gasteiger partial charge on any atom is -0.497 e. The molecule has 206 valence electrons. The number of hydrogen-bond acceptors (Lipinski definition) is 7. The number of nitrogens with one attached hydrogen (secondary N) is 2. The maximum atomic E-state index is 13.9. The number of ketones is 1. The van der Waals surface area contributed by atoms with E-state index in [4.69, 9.17) is 14.2 Å². The summed E-state index contributed by atoms with van der Waals surface area (Å²) < 4.78 is 16.3. The van der Waals surface area contributed by atoms with Gasteiger partial charge in [-0.3, -0.25) is 9.59 Å². The highest BCUT2D eigenvalue weighted by Crippen LogP contribution is 2.47. The quantitative estimate of drug-likeness (QED) is 0.414. The number of pyridine rings is 1. The third kappa shape index (κ3) is 5.17. The Bertz CT molecular complexity index is 1520. The van der Waals surface area contributed by atoms with E-state index in [1.54, 1.807) is 33.5 Å². The van der Waals surface area contributed by atoms with Gasteiger partial charge in [0, 0.05) is 40.6 Å². The lowest BCUT2D eigenvalue weighted by atomic mass is 9.71. The number of anilines is 1. The van der Waals surface area contributed by atoms with E-state index in [-0.39, 0.29) is 17.6 Å². The zero-order valence-corrected chi connectivity index (χ0v) is 23.3. The molecular formula is C32H33N3O5. The van der Waals surface area contributed by atoms with E-state index < -0.39 is 5.92 Å². The lowest BCUT2D eigenvalue weighted by molar-refractivity contribution is -0.116. The van der Waals surface area contributed by atoms with Crippen molar-refractivity contribution in [2.24, 2.45) is 0 Å². The van der Waals surface area contributed by atoms with Crippen molar-refractivity contribution < 1.29 is 23.8 Å². The summed E-state index contributed by atoms with van der Waals surface area (Å²) >= 11 is 0. The van der Waals surface area contributed by atoms with Gasteiger partial charge in [-0.1, -0.05) is 24.3 Å². The van der Waals surface area contributed by atoms with Crippen LogP contribution in [0, 0.1) is 6.92 Å². The molecule has 0 spiro atoms. The maximum absolute atomic E-state index is 13.9. The molecule has 1 aromatic heterocycles. The first-order valence-electron chi connectivity index (χ1n) is 13.2. The van der Waals surface area contributed by atoms with Gasteiger partial charge in [0.2, 0.25) is 0 Å². The largest absolute Gasteiger partial charge is 0.497 e. The fourth-order valence-corrected chi connectivity index (χ4v) is 5.61. The smallest absolute Gasteiger partial charge is 0.255 e. The number of Topliss-reactive ketones (excluding diaryl/α,β-unsaturated/α-hetero) is 1. The number of carbonyl (C=O) groups excluding carboxylic acids is 2. The van der Waals surface area contributed by atoms with Gasteiger partial charge in [-0.15, -0.1) is 0 Å². The number of hydrogen-bond donors (Lipinski definition) is 2. The van der Waals surface area contributed by atoms with Crippen molar-refractivity contribution in [3.8, 4) is 17.2 Å². The van der Waals surface area contributed by atoms with Gasteiger partial charge >= 0.3 is 0 Å². The van der Waals surface area contributed by atoms with Crippen LogP contribution in [0.25, 0.3) is 0 Å². The second-order valence-electron chi connectivity index (χ2n) is 10.0. The summed E-state index contributed by atoms with van der Waals surface area (Å²) in [6, 6.07) is 18.8. The van der Waals surface area contributed by atoms with Crippen LogP contribution in [-0.2, 0) is 9.59 Å². The second kappa shape index (κ2) is 11.3. The van der Waals surface area contributed by atoms with Gasteiger partial charge in [-0.2, -0.15) is 0 Å². The van der Waals surface area contributed by atoms with Crippen LogP contribution in [-0.4, -0.2) is 38.0 Å². The van der Waals surface area contributed by atoms with E-state index in [1.165, 1.54) is 0 Å². The number of dihydropyridines is 1. The summed E-state index contributed by atoms with van der Waals surface area (Å²) in [5.41, 5.74) is 5.21. The molecule has 2 atom stereocenters. The normalized spacial score (nSPS) is 18.6. The van der Waals surface area contributed by atoms with Gasteiger partial charge in [0.05, 0.1) is 21.3 Å². The maximum Gasteiger partial charge on any atom is 0.255 e. The molecule has 0 radical (unpaired) electrons. The van der Waals surface area contributed by atoms with Crippen molar-refractivity contribution in [1.29, 1.82) is 0 Å². The number of allylic oxidation sites excluding steroid dienone is 3. The van der Waals surface area contributed by atoms with E-state index >= 15 is 0 Å². The Morgan fingerprint density at radius 1 is 0.900 bits per heavy atom. The summed E-state index contributed by atoms with van der Waals surface area (Å²) in [7, 11) is 4.77. The Hall–Kier alpha value is -4.59. The van der Waals surface area contributed by atoms with Gasteiger partial charge in [0.15, 0.2) is 17.3 Å². The van der Waals surface area contributed by atoms with Crippen LogP contribution in [0.1, 0.15) is 48.4 Å². The standard InChI is InChI=1S/C32H33N3O5/c1-18-7-6-8-28(33-18)35-32(37)29-19(2)34-24-15-22(20-9-12-23(38-3)13-10-20)16-25(36)31(24)30(29)21-11-14-26(39-4)27(17-21)40-5/h6-14,17,22,30,34H,15-16H2,1-5H3,(H,33,35,37). The van der Waals surface area contributed by atoms with Crippen LogP contribution < -0.4 is 24.8 Å². The molecule has 8 nitrogen and oxygen atoms in total. The molecular weight excluding hydrogens is 506 g/mol. The summed E-state index contributed by atoms with van der Waals surface area (Å²) in [5.74, 6) is 1.41. The summed E-state index contributed by atoms with van der Waals surface area (Å²) in [4.78, 5) is 32.2. The Balaban J connectivity index is 1.58. The van der Waals surface area contributed by atoms with Crippen molar-refractivity contribution >= 4 is 17.5 Å². The monoisotopic (exact) mass is 539 g/mol. The first-order valence-corrected chi connectivity index (χ1v) is 13.2. The molecule has 1 aliphatic heterocycles. The number of nitrogens with zero attached hydrogens (tertiary/aromatic N) is 1. The Kier molecular flexibility index (Phi) is 7.60. The highest BCUT2D eigenvalue weighted by molar-refractivity contribution is 6.09. The van der Waals surface area contributed by atoms with Crippen molar-refractivity contribution in [1.82, 2.24) is 10.3 Å². The number of methoxy groups -OCH3 is 3. The van der Waals surface area contributed by atoms with Crippen LogP contribution in [0.2, 0.25) is 0 Å². The predicted octanol–water partition coefficient (Wildman–Crippen LogP) is 5.42.